The lowest BCUT2D eigenvalue weighted by atomic mass is 10.1. The smallest absolute Gasteiger partial charge is 0.324 e. The highest BCUT2D eigenvalue weighted by atomic mass is 35.5. The molecule has 0 bridgehead atoms. The molecule has 0 aliphatic rings. The average molecular weight is 210 g/mol. The number of hydroxylamine groups is 1. The van der Waals surface area contributed by atoms with E-state index >= 15 is 0 Å². The van der Waals surface area contributed by atoms with Gasteiger partial charge >= 0.3 is 5.97 Å². The zero-order chi connectivity index (χ0) is 9.40. The summed E-state index contributed by atoms with van der Waals surface area (Å²) in [7, 11) is 0. The number of carbonyl (C=O) groups excluding carboxylic acids is 1. The Hall–Kier alpha value is -0.280. The molecule has 4 heteroatoms. The van der Waals surface area contributed by atoms with Crippen LogP contribution in [-0.4, -0.2) is 12.5 Å². The van der Waals surface area contributed by atoms with Crippen LogP contribution in [-0.2, 0) is 9.63 Å². The van der Waals surface area contributed by atoms with Crippen LogP contribution in [0.4, 0.5) is 0 Å². The summed E-state index contributed by atoms with van der Waals surface area (Å²) in [6.07, 6.45) is 2.65. The summed E-state index contributed by atoms with van der Waals surface area (Å²) in [5.74, 6) is 0.497. The van der Waals surface area contributed by atoms with Gasteiger partial charge in [-0.25, -0.2) is 0 Å². The Morgan fingerprint density at radius 1 is 1.46 bits per heavy atom. The first-order valence-electron chi connectivity index (χ1n) is 4.63. The monoisotopic (exact) mass is 209 g/mol. The zero-order valence-electron chi connectivity index (χ0n) is 8.63. The number of hydrogen-bond acceptors (Lipinski definition) is 3. The molecule has 3 nitrogen and oxygen atoms in total. The van der Waals surface area contributed by atoms with Crippen LogP contribution in [0, 0.1) is 5.92 Å². The lowest BCUT2D eigenvalue weighted by molar-refractivity contribution is -0.150. The molecule has 0 saturated heterocycles. The third-order valence-electron chi connectivity index (χ3n) is 1.91. The van der Waals surface area contributed by atoms with Gasteiger partial charge in [0.05, 0.1) is 0 Å². The minimum Gasteiger partial charge on any atom is -0.371 e. The van der Waals surface area contributed by atoms with Crippen molar-refractivity contribution in [2.45, 2.75) is 40.0 Å². The quantitative estimate of drug-likeness (QED) is 0.539. The van der Waals surface area contributed by atoms with Crippen molar-refractivity contribution < 1.29 is 9.63 Å². The van der Waals surface area contributed by atoms with Gasteiger partial charge in [-0.1, -0.05) is 27.2 Å². The van der Waals surface area contributed by atoms with Crippen molar-refractivity contribution in [2.75, 3.05) is 6.54 Å². The second-order valence-electron chi connectivity index (χ2n) is 3.02. The average Bonchev–Trinajstić information content (AvgIpc) is 2.11. The first-order valence-corrected chi connectivity index (χ1v) is 4.63. The second-order valence-corrected chi connectivity index (χ2v) is 3.02. The summed E-state index contributed by atoms with van der Waals surface area (Å²) in [5, 5.41) is 0. The zero-order valence-corrected chi connectivity index (χ0v) is 9.45. The molecule has 1 unspecified atom stereocenters. The van der Waals surface area contributed by atoms with Crippen LogP contribution in [0.5, 0.6) is 0 Å². The summed E-state index contributed by atoms with van der Waals surface area (Å²) in [6, 6.07) is 0. The van der Waals surface area contributed by atoms with Crippen LogP contribution in [0.15, 0.2) is 0 Å². The lowest BCUT2D eigenvalue weighted by Gasteiger charge is -2.08. The molecule has 0 aliphatic heterocycles. The van der Waals surface area contributed by atoms with E-state index in [2.05, 4.69) is 19.3 Å². The van der Waals surface area contributed by atoms with Gasteiger partial charge in [0, 0.05) is 13.0 Å². The van der Waals surface area contributed by atoms with Crippen molar-refractivity contribution in [3.63, 3.8) is 0 Å². The van der Waals surface area contributed by atoms with E-state index in [1.165, 1.54) is 6.42 Å². The van der Waals surface area contributed by atoms with E-state index in [-0.39, 0.29) is 18.4 Å². The van der Waals surface area contributed by atoms with Crippen LogP contribution in [0.2, 0.25) is 0 Å². The summed E-state index contributed by atoms with van der Waals surface area (Å²) < 4.78 is 0. The molecule has 0 spiro atoms. The minimum atomic E-state index is -0.195. The third kappa shape index (κ3) is 9.64. The van der Waals surface area contributed by atoms with E-state index in [0.29, 0.717) is 12.3 Å². The molecule has 0 aromatic rings. The number of rotatable bonds is 6. The number of nitrogens with one attached hydrogen (secondary N) is 1. The van der Waals surface area contributed by atoms with Crippen molar-refractivity contribution in [3.8, 4) is 0 Å². The maximum atomic E-state index is 10.6. The summed E-state index contributed by atoms with van der Waals surface area (Å²) in [4.78, 5) is 15.3. The largest absolute Gasteiger partial charge is 0.371 e. The molecular weight excluding hydrogens is 190 g/mol. The van der Waals surface area contributed by atoms with Crippen molar-refractivity contribution >= 4 is 18.4 Å². The fourth-order valence-electron chi connectivity index (χ4n) is 0.713. The molecule has 0 fully saturated rings. The fraction of sp³-hybridized carbons (Fsp3) is 0.889. The molecular formula is C9H20ClNO2. The van der Waals surface area contributed by atoms with Crippen LogP contribution < -0.4 is 5.48 Å². The van der Waals surface area contributed by atoms with Crippen molar-refractivity contribution in [1.82, 2.24) is 5.48 Å². The van der Waals surface area contributed by atoms with E-state index in [9.17, 15) is 4.79 Å². The highest BCUT2D eigenvalue weighted by molar-refractivity contribution is 5.85. The molecule has 0 amide bonds. The van der Waals surface area contributed by atoms with Crippen LogP contribution in [0.1, 0.15) is 40.0 Å². The highest BCUT2D eigenvalue weighted by Gasteiger charge is 1.99. The normalized spacial score (nSPS) is 11.6. The van der Waals surface area contributed by atoms with E-state index in [0.717, 1.165) is 13.0 Å². The predicted octanol–water partition coefficient (Wildman–Crippen LogP) is 2.30. The van der Waals surface area contributed by atoms with E-state index in [1.54, 1.807) is 6.92 Å². The lowest BCUT2D eigenvalue weighted by Crippen LogP contribution is -2.21. The maximum Gasteiger partial charge on any atom is 0.324 e. The molecule has 0 rings (SSSR count). The first kappa shape index (κ1) is 15.2. The van der Waals surface area contributed by atoms with Gasteiger partial charge in [0.1, 0.15) is 0 Å². The fourth-order valence-corrected chi connectivity index (χ4v) is 0.713. The van der Waals surface area contributed by atoms with Crippen molar-refractivity contribution in [2.24, 2.45) is 5.92 Å². The Balaban J connectivity index is 0. The van der Waals surface area contributed by atoms with Crippen LogP contribution in [0.3, 0.4) is 0 Å². The Bertz CT molecular complexity index is 131. The topological polar surface area (TPSA) is 38.3 Å². The minimum absolute atomic E-state index is 0. The number of hydrogen-bond donors (Lipinski definition) is 1. The molecule has 13 heavy (non-hydrogen) atoms. The number of halogens is 1. The third-order valence-corrected chi connectivity index (χ3v) is 1.91. The van der Waals surface area contributed by atoms with E-state index in [1.807, 2.05) is 0 Å². The molecule has 0 saturated carbocycles. The summed E-state index contributed by atoms with van der Waals surface area (Å²) >= 11 is 0. The van der Waals surface area contributed by atoms with Gasteiger partial charge < -0.3 is 4.84 Å². The van der Waals surface area contributed by atoms with Crippen LogP contribution >= 0.6 is 12.4 Å². The van der Waals surface area contributed by atoms with Gasteiger partial charge in [-0.3, -0.25) is 4.79 Å². The molecule has 0 radical (unpaired) electrons. The molecule has 80 valence electrons. The van der Waals surface area contributed by atoms with Gasteiger partial charge in [-0.2, -0.15) is 5.48 Å². The Kier molecular flexibility index (Phi) is 11.5. The molecule has 0 heterocycles. The van der Waals surface area contributed by atoms with E-state index in [4.69, 9.17) is 4.84 Å². The number of carbonyl (C=O) groups is 1. The van der Waals surface area contributed by atoms with Crippen LogP contribution in [0.25, 0.3) is 0 Å². The molecule has 1 atom stereocenters. The van der Waals surface area contributed by atoms with Gasteiger partial charge in [0.2, 0.25) is 0 Å². The van der Waals surface area contributed by atoms with Crippen molar-refractivity contribution in [3.05, 3.63) is 0 Å². The Morgan fingerprint density at radius 2 is 2.08 bits per heavy atom. The molecule has 0 aromatic carbocycles. The van der Waals surface area contributed by atoms with Gasteiger partial charge in [0.25, 0.3) is 0 Å². The van der Waals surface area contributed by atoms with Gasteiger partial charge in [-0.05, 0) is 12.3 Å². The standard InChI is InChI=1S/C9H19NO2.ClH/c1-4-8(3)6-7-10-12-9(11)5-2;/h8,10H,4-7H2,1-3H3;1H. The molecule has 0 aromatic heterocycles. The maximum absolute atomic E-state index is 10.6. The first-order chi connectivity index (χ1) is 5.70. The molecule has 0 aliphatic carbocycles. The van der Waals surface area contributed by atoms with E-state index < -0.39 is 0 Å². The predicted molar refractivity (Wildman–Crippen MR) is 55.7 cm³/mol. The SMILES string of the molecule is CCC(=O)ONCCC(C)CC.Cl. The van der Waals surface area contributed by atoms with Crippen molar-refractivity contribution in [1.29, 1.82) is 0 Å². The second kappa shape index (κ2) is 9.81. The van der Waals surface area contributed by atoms with Gasteiger partial charge in [0.15, 0.2) is 0 Å². The summed E-state index contributed by atoms with van der Waals surface area (Å²) in [5.41, 5.74) is 2.65. The molecule has 1 N–H and O–H groups in total. The highest BCUT2D eigenvalue weighted by Crippen LogP contribution is 2.03. The summed E-state index contributed by atoms with van der Waals surface area (Å²) in [6.45, 7) is 6.87. The Morgan fingerprint density at radius 3 is 2.54 bits per heavy atom. The van der Waals surface area contributed by atoms with Gasteiger partial charge in [-0.15, -0.1) is 12.4 Å². The Labute approximate surface area is 86.6 Å².